The molecule has 0 aliphatic rings. The predicted molar refractivity (Wildman–Crippen MR) is 89.9 cm³/mol. The molecule has 0 bridgehead atoms. The molecule has 0 fully saturated rings. The van der Waals surface area contributed by atoms with Crippen molar-refractivity contribution in [3.05, 3.63) is 73.5 Å². The zero-order valence-corrected chi connectivity index (χ0v) is 13.5. The summed E-state index contributed by atoms with van der Waals surface area (Å²) in [5, 5.41) is 27.0. The number of benzene rings is 2. The van der Waals surface area contributed by atoms with Crippen molar-refractivity contribution < 1.29 is 9.85 Å². The van der Waals surface area contributed by atoms with Crippen LogP contribution >= 0.6 is 11.6 Å². The largest absolute Gasteiger partial charge is 0.301 e. The van der Waals surface area contributed by atoms with E-state index in [1.54, 1.807) is 31.2 Å². The predicted octanol–water partition coefficient (Wildman–Crippen LogP) is 3.71. The SMILES string of the molecule is Cc1nc(-c2ccc(Cl)cc2)nn1-c1ccc([N+](=O)[O-])cc1[N+](=O)[O-]. The van der Waals surface area contributed by atoms with E-state index in [1.807, 2.05) is 0 Å². The molecule has 9 nitrogen and oxygen atoms in total. The number of hydrogen-bond donors (Lipinski definition) is 0. The highest BCUT2D eigenvalue weighted by Gasteiger charge is 2.23. The van der Waals surface area contributed by atoms with Crippen LogP contribution in [0, 0.1) is 27.2 Å². The maximum atomic E-state index is 11.3. The van der Waals surface area contributed by atoms with E-state index >= 15 is 0 Å². The highest BCUT2D eigenvalue weighted by atomic mass is 35.5. The molecule has 0 unspecified atom stereocenters. The Hall–Kier alpha value is -3.33. The summed E-state index contributed by atoms with van der Waals surface area (Å²) in [5.74, 6) is 0.767. The van der Waals surface area contributed by atoms with Crippen molar-refractivity contribution in [2.75, 3.05) is 0 Å². The second-order valence-corrected chi connectivity index (χ2v) is 5.52. The molecule has 25 heavy (non-hydrogen) atoms. The number of nitro groups is 2. The maximum Gasteiger partial charge on any atom is 0.301 e. The van der Waals surface area contributed by atoms with Crippen LogP contribution in [-0.4, -0.2) is 24.6 Å². The molecule has 0 radical (unpaired) electrons. The average Bonchev–Trinajstić information content (AvgIpc) is 2.96. The molecule has 0 saturated heterocycles. The second kappa shape index (κ2) is 6.29. The maximum absolute atomic E-state index is 11.3. The van der Waals surface area contributed by atoms with Crippen molar-refractivity contribution in [1.29, 1.82) is 0 Å². The summed E-state index contributed by atoms with van der Waals surface area (Å²) in [7, 11) is 0. The quantitative estimate of drug-likeness (QED) is 0.517. The van der Waals surface area contributed by atoms with Crippen molar-refractivity contribution in [2.45, 2.75) is 6.92 Å². The van der Waals surface area contributed by atoms with Crippen LogP contribution in [-0.2, 0) is 0 Å². The Morgan fingerprint density at radius 3 is 2.32 bits per heavy atom. The number of rotatable bonds is 4. The number of nitrogens with zero attached hydrogens (tertiary/aromatic N) is 5. The molecule has 0 atom stereocenters. The van der Waals surface area contributed by atoms with Crippen LogP contribution in [0.15, 0.2) is 42.5 Å². The fourth-order valence-electron chi connectivity index (χ4n) is 2.29. The van der Waals surface area contributed by atoms with Gasteiger partial charge in [0.05, 0.1) is 15.9 Å². The van der Waals surface area contributed by atoms with Gasteiger partial charge in [-0.05, 0) is 37.3 Å². The summed E-state index contributed by atoms with van der Waals surface area (Å²) in [5.41, 5.74) is -0.00683. The summed E-state index contributed by atoms with van der Waals surface area (Å²) >= 11 is 5.85. The normalized spacial score (nSPS) is 10.6. The monoisotopic (exact) mass is 359 g/mol. The Kier molecular flexibility index (Phi) is 4.15. The topological polar surface area (TPSA) is 117 Å². The molecule has 0 amide bonds. The van der Waals surface area contributed by atoms with E-state index in [9.17, 15) is 20.2 Å². The van der Waals surface area contributed by atoms with Crippen LogP contribution in [0.4, 0.5) is 11.4 Å². The fourth-order valence-corrected chi connectivity index (χ4v) is 2.42. The first-order valence-electron chi connectivity index (χ1n) is 6.99. The summed E-state index contributed by atoms with van der Waals surface area (Å²) in [6.45, 7) is 1.64. The molecule has 0 saturated carbocycles. The van der Waals surface area contributed by atoms with Crippen LogP contribution in [0.2, 0.25) is 5.02 Å². The molecule has 1 aromatic heterocycles. The molecule has 10 heteroatoms. The molecule has 1 heterocycles. The minimum Gasteiger partial charge on any atom is -0.258 e. The molecule has 2 aromatic carbocycles. The number of halogens is 1. The Labute approximate surface area is 145 Å². The van der Waals surface area contributed by atoms with Gasteiger partial charge in [0.15, 0.2) is 5.82 Å². The molecule has 3 rings (SSSR count). The van der Waals surface area contributed by atoms with Crippen LogP contribution in [0.5, 0.6) is 0 Å². The van der Waals surface area contributed by atoms with Crippen LogP contribution in [0.25, 0.3) is 17.1 Å². The van der Waals surface area contributed by atoms with Gasteiger partial charge in [0, 0.05) is 16.7 Å². The number of nitro benzene ring substituents is 2. The third-order valence-corrected chi connectivity index (χ3v) is 3.72. The summed E-state index contributed by atoms with van der Waals surface area (Å²) in [4.78, 5) is 25.1. The van der Waals surface area contributed by atoms with E-state index in [-0.39, 0.29) is 11.4 Å². The lowest BCUT2D eigenvalue weighted by Gasteiger charge is -2.04. The van der Waals surface area contributed by atoms with Crippen molar-refractivity contribution in [3.63, 3.8) is 0 Å². The van der Waals surface area contributed by atoms with Gasteiger partial charge in [-0.2, -0.15) is 0 Å². The van der Waals surface area contributed by atoms with E-state index in [2.05, 4.69) is 10.1 Å². The van der Waals surface area contributed by atoms with Crippen molar-refractivity contribution in [1.82, 2.24) is 14.8 Å². The average molecular weight is 360 g/mol. The second-order valence-electron chi connectivity index (χ2n) is 5.09. The molecule has 0 aliphatic carbocycles. The molecule has 0 N–H and O–H groups in total. The van der Waals surface area contributed by atoms with E-state index in [0.29, 0.717) is 22.2 Å². The van der Waals surface area contributed by atoms with Gasteiger partial charge in [-0.25, -0.2) is 9.67 Å². The van der Waals surface area contributed by atoms with Gasteiger partial charge in [-0.1, -0.05) is 11.6 Å². The van der Waals surface area contributed by atoms with Crippen LogP contribution < -0.4 is 0 Å². The zero-order chi connectivity index (χ0) is 18.1. The van der Waals surface area contributed by atoms with E-state index in [0.717, 1.165) is 6.07 Å². The number of hydrogen-bond acceptors (Lipinski definition) is 6. The standard InChI is InChI=1S/C15H10ClN5O4/c1-9-17-15(10-2-4-11(16)5-3-10)18-19(9)13-7-6-12(20(22)23)8-14(13)21(24)25/h2-8H,1H3. The minimum atomic E-state index is -0.690. The Bertz CT molecular complexity index is 984. The lowest BCUT2D eigenvalue weighted by atomic mass is 10.2. The number of aryl methyl sites for hydroxylation is 1. The van der Waals surface area contributed by atoms with E-state index in [4.69, 9.17) is 11.6 Å². The van der Waals surface area contributed by atoms with Gasteiger partial charge in [-0.3, -0.25) is 20.2 Å². The van der Waals surface area contributed by atoms with Crippen LogP contribution in [0.3, 0.4) is 0 Å². The lowest BCUT2D eigenvalue weighted by Crippen LogP contribution is -2.04. The summed E-state index contributed by atoms with van der Waals surface area (Å²) in [6.07, 6.45) is 0. The smallest absolute Gasteiger partial charge is 0.258 e. The lowest BCUT2D eigenvalue weighted by molar-refractivity contribution is -0.394. The minimum absolute atomic E-state index is 0.0980. The first kappa shape index (κ1) is 16.5. The van der Waals surface area contributed by atoms with Gasteiger partial charge in [-0.15, -0.1) is 5.10 Å². The van der Waals surface area contributed by atoms with Crippen molar-refractivity contribution in [3.8, 4) is 17.1 Å². The van der Waals surface area contributed by atoms with Gasteiger partial charge in [0.1, 0.15) is 11.5 Å². The molecule has 0 aliphatic heterocycles. The molecular weight excluding hydrogens is 350 g/mol. The van der Waals surface area contributed by atoms with Gasteiger partial charge in [0.25, 0.3) is 5.69 Å². The molecular formula is C15H10ClN5O4. The zero-order valence-electron chi connectivity index (χ0n) is 12.8. The van der Waals surface area contributed by atoms with Crippen LogP contribution in [0.1, 0.15) is 5.82 Å². The van der Waals surface area contributed by atoms with E-state index < -0.39 is 15.5 Å². The summed E-state index contributed by atoms with van der Waals surface area (Å²) in [6, 6.07) is 10.2. The van der Waals surface area contributed by atoms with Crippen molar-refractivity contribution >= 4 is 23.0 Å². The first-order valence-corrected chi connectivity index (χ1v) is 7.37. The van der Waals surface area contributed by atoms with Gasteiger partial charge < -0.3 is 0 Å². The van der Waals surface area contributed by atoms with Gasteiger partial charge in [0.2, 0.25) is 0 Å². The fraction of sp³-hybridized carbons (Fsp3) is 0.0667. The highest BCUT2D eigenvalue weighted by molar-refractivity contribution is 6.30. The third kappa shape index (κ3) is 3.17. The van der Waals surface area contributed by atoms with E-state index in [1.165, 1.54) is 16.8 Å². The third-order valence-electron chi connectivity index (χ3n) is 3.47. The summed E-state index contributed by atoms with van der Waals surface area (Å²) < 4.78 is 1.28. The molecule has 126 valence electrons. The van der Waals surface area contributed by atoms with Crippen molar-refractivity contribution in [2.24, 2.45) is 0 Å². The number of non-ortho nitro benzene ring substituents is 1. The highest BCUT2D eigenvalue weighted by Crippen LogP contribution is 2.29. The first-order chi connectivity index (χ1) is 11.9. The molecule has 3 aromatic rings. The Balaban J connectivity index is 2.12. The van der Waals surface area contributed by atoms with Gasteiger partial charge >= 0.3 is 5.69 Å². The Morgan fingerprint density at radius 1 is 1.04 bits per heavy atom. The number of aromatic nitrogens is 3. The Morgan fingerprint density at radius 2 is 1.72 bits per heavy atom. The molecule has 0 spiro atoms.